The number of hydrogen-bond acceptors (Lipinski definition) is 3. The minimum Gasteiger partial charge on any atom is -0.339 e. The molecule has 1 heterocycles. The predicted molar refractivity (Wildman–Crippen MR) is 126 cm³/mol. The molecular formula is C27H31N3O2. The molecule has 1 saturated carbocycles. The monoisotopic (exact) mass is 429 g/mol. The van der Waals surface area contributed by atoms with E-state index in [2.05, 4.69) is 6.07 Å². The molecule has 0 radical (unpaired) electrons. The van der Waals surface area contributed by atoms with Crippen LogP contribution in [0.1, 0.15) is 72.0 Å². The molecule has 0 saturated heterocycles. The van der Waals surface area contributed by atoms with Crippen LogP contribution in [-0.2, 0) is 17.6 Å². The van der Waals surface area contributed by atoms with Gasteiger partial charge in [-0.15, -0.1) is 0 Å². The van der Waals surface area contributed by atoms with E-state index in [1.807, 2.05) is 47.2 Å². The van der Waals surface area contributed by atoms with Crippen molar-refractivity contribution >= 4 is 17.5 Å². The third-order valence-corrected chi connectivity index (χ3v) is 6.90. The lowest BCUT2D eigenvalue weighted by Crippen LogP contribution is -2.41. The number of nitrogens with zero attached hydrogens (tertiary/aromatic N) is 3. The first-order chi connectivity index (χ1) is 15.6. The number of carbonyl (C=O) groups excluding carboxylic acids is 2. The van der Waals surface area contributed by atoms with Gasteiger partial charge >= 0.3 is 0 Å². The maximum absolute atomic E-state index is 13.5. The molecule has 0 bridgehead atoms. The second-order valence-electron chi connectivity index (χ2n) is 8.98. The van der Waals surface area contributed by atoms with Gasteiger partial charge in [0.2, 0.25) is 5.91 Å². The molecule has 4 rings (SSSR count). The number of para-hydroxylation sites is 1. The van der Waals surface area contributed by atoms with Crippen molar-refractivity contribution in [2.45, 2.75) is 63.8 Å². The average molecular weight is 430 g/mol. The molecule has 2 amide bonds. The van der Waals surface area contributed by atoms with Crippen molar-refractivity contribution in [3.63, 3.8) is 0 Å². The molecule has 5 heteroatoms. The summed E-state index contributed by atoms with van der Waals surface area (Å²) in [5.41, 5.74) is 4.22. The molecule has 5 nitrogen and oxygen atoms in total. The van der Waals surface area contributed by atoms with E-state index in [0.717, 1.165) is 42.5 Å². The highest BCUT2D eigenvalue weighted by Crippen LogP contribution is 2.33. The number of nitriles is 1. The largest absolute Gasteiger partial charge is 0.339 e. The van der Waals surface area contributed by atoms with Crippen LogP contribution in [0.5, 0.6) is 0 Å². The van der Waals surface area contributed by atoms with Crippen LogP contribution in [0, 0.1) is 11.3 Å². The molecule has 2 aromatic rings. The quantitative estimate of drug-likeness (QED) is 0.681. The van der Waals surface area contributed by atoms with Gasteiger partial charge in [0.05, 0.1) is 22.9 Å². The van der Waals surface area contributed by atoms with Gasteiger partial charge in [-0.2, -0.15) is 5.26 Å². The van der Waals surface area contributed by atoms with Gasteiger partial charge in [0.1, 0.15) is 0 Å². The summed E-state index contributed by atoms with van der Waals surface area (Å²) in [5.74, 6) is 0.0800. The Morgan fingerprint density at radius 3 is 2.53 bits per heavy atom. The van der Waals surface area contributed by atoms with Crippen molar-refractivity contribution in [3.05, 3.63) is 64.7 Å². The van der Waals surface area contributed by atoms with Crippen LogP contribution in [0.25, 0.3) is 0 Å². The SMILES string of the molecule is CN(C(=O)c1cccc2c1N(C(=O)CCc1ccc(C#N)cc1)CCC2)C1CCCCC1. The molecule has 0 atom stereocenters. The van der Waals surface area contributed by atoms with Gasteiger partial charge in [-0.25, -0.2) is 0 Å². The van der Waals surface area contributed by atoms with Crippen molar-refractivity contribution < 1.29 is 9.59 Å². The summed E-state index contributed by atoms with van der Waals surface area (Å²) in [6, 6.07) is 15.7. The van der Waals surface area contributed by atoms with E-state index in [9.17, 15) is 9.59 Å². The molecule has 1 aliphatic carbocycles. The zero-order chi connectivity index (χ0) is 22.5. The predicted octanol–water partition coefficient (Wildman–Crippen LogP) is 4.87. The number of rotatable bonds is 5. The first-order valence-electron chi connectivity index (χ1n) is 11.8. The molecule has 0 spiro atoms. The fourth-order valence-corrected chi connectivity index (χ4v) is 5.03. The molecule has 166 valence electrons. The maximum atomic E-state index is 13.5. The second kappa shape index (κ2) is 9.99. The topological polar surface area (TPSA) is 64.4 Å². The Labute approximate surface area is 190 Å². The van der Waals surface area contributed by atoms with Gasteiger partial charge in [-0.3, -0.25) is 9.59 Å². The molecule has 0 unspecified atom stereocenters. The number of benzene rings is 2. The van der Waals surface area contributed by atoms with E-state index in [1.54, 1.807) is 12.1 Å². The summed E-state index contributed by atoms with van der Waals surface area (Å²) in [4.78, 5) is 30.5. The Kier molecular flexibility index (Phi) is 6.90. The zero-order valence-corrected chi connectivity index (χ0v) is 18.8. The molecular weight excluding hydrogens is 398 g/mol. The maximum Gasteiger partial charge on any atom is 0.255 e. The van der Waals surface area contributed by atoms with Crippen LogP contribution in [0.4, 0.5) is 5.69 Å². The van der Waals surface area contributed by atoms with Crippen LogP contribution in [0.15, 0.2) is 42.5 Å². The van der Waals surface area contributed by atoms with Crippen LogP contribution >= 0.6 is 0 Å². The van der Waals surface area contributed by atoms with Gasteiger partial charge in [0.15, 0.2) is 0 Å². The molecule has 0 N–H and O–H groups in total. The van der Waals surface area contributed by atoms with Crippen molar-refractivity contribution in [1.82, 2.24) is 4.90 Å². The Morgan fingerprint density at radius 1 is 1.06 bits per heavy atom. The third-order valence-electron chi connectivity index (χ3n) is 6.90. The van der Waals surface area contributed by atoms with E-state index >= 15 is 0 Å². The van der Waals surface area contributed by atoms with Crippen LogP contribution < -0.4 is 4.90 Å². The van der Waals surface area contributed by atoms with E-state index < -0.39 is 0 Å². The number of amides is 2. The summed E-state index contributed by atoms with van der Waals surface area (Å²) in [6.07, 6.45) is 8.52. The van der Waals surface area contributed by atoms with Crippen LogP contribution in [-0.4, -0.2) is 36.3 Å². The minimum atomic E-state index is 0.0283. The Hall–Kier alpha value is -3.13. The van der Waals surface area contributed by atoms with E-state index in [4.69, 9.17) is 5.26 Å². The van der Waals surface area contributed by atoms with Crippen LogP contribution in [0.2, 0.25) is 0 Å². The first-order valence-corrected chi connectivity index (χ1v) is 11.8. The van der Waals surface area contributed by atoms with Crippen molar-refractivity contribution in [1.29, 1.82) is 5.26 Å². The number of anilines is 1. The lowest BCUT2D eigenvalue weighted by Gasteiger charge is -2.35. The van der Waals surface area contributed by atoms with Gasteiger partial charge in [0, 0.05) is 26.1 Å². The highest BCUT2D eigenvalue weighted by Gasteiger charge is 2.30. The van der Waals surface area contributed by atoms with Crippen molar-refractivity contribution in [3.8, 4) is 6.07 Å². The lowest BCUT2D eigenvalue weighted by molar-refractivity contribution is -0.118. The molecule has 2 aliphatic rings. The minimum absolute atomic E-state index is 0.0283. The average Bonchev–Trinajstić information content (AvgIpc) is 2.86. The van der Waals surface area contributed by atoms with Gasteiger partial charge < -0.3 is 9.80 Å². The van der Waals surface area contributed by atoms with Gasteiger partial charge in [-0.05, 0) is 61.4 Å². The molecule has 32 heavy (non-hydrogen) atoms. The molecule has 1 aliphatic heterocycles. The van der Waals surface area contributed by atoms with Crippen molar-refractivity contribution in [2.24, 2.45) is 0 Å². The molecule has 2 aromatic carbocycles. The fraction of sp³-hybridized carbons (Fsp3) is 0.444. The summed E-state index contributed by atoms with van der Waals surface area (Å²) in [5, 5.41) is 8.96. The summed E-state index contributed by atoms with van der Waals surface area (Å²) >= 11 is 0. The second-order valence-corrected chi connectivity index (χ2v) is 8.98. The number of fused-ring (bicyclic) bond motifs is 1. The Bertz CT molecular complexity index is 1020. The Morgan fingerprint density at radius 2 is 1.81 bits per heavy atom. The summed E-state index contributed by atoms with van der Waals surface area (Å²) in [6.45, 7) is 0.649. The normalized spacial score (nSPS) is 16.2. The first kappa shape index (κ1) is 22.1. The van der Waals surface area contributed by atoms with E-state index in [-0.39, 0.29) is 17.9 Å². The Balaban J connectivity index is 1.53. The van der Waals surface area contributed by atoms with Gasteiger partial charge in [-0.1, -0.05) is 43.5 Å². The highest BCUT2D eigenvalue weighted by atomic mass is 16.2. The zero-order valence-electron chi connectivity index (χ0n) is 18.8. The number of aryl methyl sites for hydroxylation is 2. The molecule has 0 aromatic heterocycles. The van der Waals surface area contributed by atoms with Crippen LogP contribution in [0.3, 0.4) is 0 Å². The van der Waals surface area contributed by atoms with Crippen molar-refractivity contribution in [2.75, 3.05) is 18.5 Å². The molecule has 1 fully saturated rings. The smallest absolute Gasteiger partial charge is 0.255 e. The lowest BCUT2D eigenvalue weighted by atomic mass is 9.92. The highest BCUT2D eigenvalue weighted by molar-refractivity contribution is 6.06. The van der Waals surface area contributed by atoms with E-state index in [0.29, 0.717) is 30.5 Å². The number of hydrogen-bond donors (Lipinski definition) is 0. The summed E-state index contributed by atoms with van der Waals surface area (Å²) in [7, 11) is 1.91. The van der Waals surface area contributed by atoms with E-state index in [1.165, 1.54) is 19.3 Å². The third kappa shape index (κ3) is 4.70. The number of carbonyl (C=O) groups is 2. The standard InChI is InChI=1S/C27H31N3O2/c1-29(23-9-3-2-4-10-23)27(32)24-11-5-7-22-8-6-18-30(26(22)24)25(31)17-16-20-12-14-21(19-28)15-13-20/h5,7,11-15,23H,2-4,6,8-10,16-18H2,1H3. The fourth-order valence-electron chi connectivity index (χ4n) is 5.03. The summed E-state index contributed by atoms with van der Waals surface area (Å²) < 4.78 is 0. The van der Waals surface area contributed by atoms with Gasteiger partial charge in [0.25, 0.3) is 5.91 Å².